The summed E-state index contributed by atoms with van der Waals surface area (Å²) in [7, 11) is 1.25. The van der Waals surface area contributed by atoms with Crippen molar-refractivity contribution in [3.05, 3.63) is 27.2 Å². The lowest BCUT2D eigenvalue weighted by Crippen LogP contribution is -2.20. The fourth-order valence-corrected chi connectivity index (χ4v) is 1.77. The van der Waals surface area contributed by atoms with Crippen molar-refractivity contribution in [3.63, 3.8) is 0 Å². The highest BCUT2D eigenvalue weighted by Crippen LogP contribution is 2.24. The minimum absolute atomic E-state index is 0.0108. The van der Waals surface area contributed by atoms with Crippen LogP contribution in [0.2, 0.25) is 0 Å². The molecule has 1 aromatic rings. The maximum atomic E-state index is 12.1. The molecule has 0 radical (unpaired) electrons. The van der Waals surface area contributed by atoms with Gasteiger partial charge >= 0.3 is 5.97 Å². The number of aromatic amines is 1. The van der Waals surface area contributed by atoms with Crippen LogP contribution >= 0.6 is 0 Å². The van der Waals surface area contributed by atoms with Crippen LogP contribution in [0.4, 0.5) is 0 Å². The molecule has 0 aromatic carbocycles. The third-order valence-corrected chi connectivity index (χ3v) is 2.56. The number of hydrogen-bond acceptors (Lipinski definition) is 6. The highest BCUT2D eigenvalue weighted by atomic mass is 16.5. The third-order valence-electron chi connectivity index (χ3n) is 2.56. The lowest BCUT2D eigenvalue weighted by molar-refractivity contribution is -0.141. The Morgan fingerprint density at radius 3 is 2.55 bits per heavy atom. The quantitative estimate of drug-likeness (QED) is 0.482. The molecule has 1 N–H and O–H groups in total. The van der Waals surface area contributed by atoms with Crippen LogP contribution in [0, 0.1) is 18.3 Å². The Hall–Kier alpha value is -2.62. The zero-order chi connectivity index (χ0) is 15.3. The van der Waals surface area contributed by atoms with E-state index in [0.717, 1.165) is 0 Å². The number of methoxy groups -OCH3 is 1. The summed E-state index contributed by atoms with van der Waals surface area (Å²) in [6.45, 7) is 3.28. The van der Waals surface area contributed by atoms with E-state index in [1.54, 1.807) is 13.0 Å². The second kappa shape index (κ2) is 6.52. The molecule has 0 unspecified atom stereocenters. The Morgan fingerprint density at radius 2 is 2.05 bits per heavy atom. The molecule has 0 saturated heterocycles. The largest absolute Gasteiger partial charge is 0.494 e. The van der Waals surface area contributed by atoms with E-state index in [-0.39, 0.29) is 29.2 Å². The molecule has 1 rings (SSSR count). The average Bonchev–Trinajstić information content (AvgIpc) is 2.37. The van der Waals surface area contributed by atoms with Crippen molar-refractivity contribution in [2.75, 3.05) is 13.7 Å². The molecule has 0 bridgehead atoms. The third kappa shape index (κ3) is 3.03. The molecule has 0 aliphatic carbocycles. The van der Waals surface area contributed by atoms with Gasteiger partial charge in [0.15, 0.2) is 17.1 Å². The van der Waals surface area contributed by atoms with Gasteiger partial charge in [-0.1, -0.05) is 0 Å². The highest BCUT2D eigenvalue weighted by Gasteiger charge is 2.24. The monoisotopic (exact) mass is 278 g/mol. The van der Waals surface area contributed by atoms with Crippen molar-refractivity contribution in [2.24, 2.45) is 0 Å². The SMILES string of the molecule is CCOC(=O)CC(=O)c1c(C)[nH]c(=O)c(C#N)c1OC. The molecular formula is C13H14N2O5. The van der Waals surface area contributed by atoms with Gasteiger partial charge in [0.1, 0.15) is 12.5 Å². The number of nitrogens with one attached hydrogen (secondary N) is 1. The first-order valence-electron chi connectivity index (χ1n) is 5.86. The number of H-pyrrole nitrogens is 1. The maximum absolute atomic E-state index is 12.1. The molecule has 0 atom stereocenters. The van der Waals surface area contributed by atoms with Gasteiger partial charge in [-0.3, -0.25) is 14.4 Å². The Labute approximate surface area is 115 Å². The first-order valence-corrected chi connectivity index (χ1v) is 5.86. The lowest BCUT2D eigenvalue weighted by atomic mass is 10.0. The van der Waals surface area contributed by atoms with Crippen molar-refractivity contribution in [1.29, 1.82) is 5.26 Å². The summed E-state index contributed by atoms with van der Waals surface area (Å²) in [4.78, 5) is 37.4. The van der Waals surface area contributed by atoms with Crippen molar-refractivity contribution >= 4 is 11.8 Å². The number of ether oxygens (including phenoxy) is 2. The number of carbonyl (C=O) groups is 2. The first-order chi connectivity index (χ1) is 9.46. The number of hydrogen-bond donors (Lipinski definition) is 1. The van der Waals surface area contributed by atoms with E-state index in [0.29, 0.717) is 0 Å². The zero-order valence-electron chi connectivity index (χ0n) is 11.4. The molecule has 0 fully saturated rings. The van der Waals surface area contributed by atoms with Gasteiger partial charge in [0.05, 0.1) is 19.3 Å². The summed E-state index contributed by atoms with van der Waals surface area (Å²) in [5.74, 6) is -1.38. The smallest absolute Gasteiger partial charge is 0.313 e. The Bertz CT molecular complexity index is 639. The number of rotatable bonds is 5. The molecule has 0 aliphatic heterocycles. The minimum Gasteiger partial charge on any atom is -0.494 e. The predicted octanol–water partition coefficient (Wildman–Crippen LogP) is 0.700. The van der Waals surface area contributed by atoms with Gasteiger partial charge in [-0.05, 0) is 13.8 Å². The molecule has 1 aromatic heterocycles. The van der Waals surface area contributed by atoms with Gasteiger partial charge in [0, 0.05) is 5.69 Å². The van der Waals surface area contributed by atoms with E-state index in [2.05, 4.69) is 4.98 Å². The number of Topliss-reactive ketones (excluding diaryl/α,β-unsaturated/α-hetero) is 1. The molecule has 0 saturated carbocycles. The number of nitrogens with zero attached hydrogens (tertiary/aromatic N) is 1. The van der Waals surface area contributed by atoms with Crippen molar-refractivity contribution < 1.29 is 19.1 Å². The molecule has 106 valence electrons. The normalized spacial score (nSPS) is 9.70. The molecule has 7 nitrogen and oxygen atoms in total. The van der Waals surface area contributed by atoms with Crippen LogP contribution in [0.5, 0.6) is 5.75 Å². The summed E-state index contributed by atoms with van der Waals surface area (Å²) in [5.41, 5.74) is -0.698. The molecule has 20 heavy (non-hydrogen) atoms. The van der Waals surface area contributed by atoms with Crippen LogP contribution in [0.1, 0.15) is 35.0 Å². The number of carbonyl (C=O) groups excluding carboxylic acids is 2. The van der Waals surface area contributed by atoms with Crippen molar-refractivity contribution in [2.45, 2.75) is 20.3 Å². The van der Waals surface area contributed by atoms with Crippen molar-refractivity contribution in [3.8, 4) is 11.8 Å². The maximum Gasteiger partial charge on any atom is 0.313 e. The second-order valence-electron chi connectivity index (χ2n) is 3.88. The van der Waals surface area contributed by atoms with Gasteiger partial charge < -0.3 is 14.5 Å². The second-order valence-corrected chi connectivity index (χ2v) is 3.88. The minimum atomic E-state index is -0.677. The number of aromatic nitrogens is 1. The number of nitriles is 1. The van der Waals surface area contributed by atoms with E-state index < -0.39 is 23.7 Å². The molecule has 7 heteroatoms. The summed E-state index contributed by atoms with van der Waals surface area (Å²) in [5, 5.41) is 8.94. The van der Waals surface area contributed by atoms with Crippen LogP contribution in [0.3, 0.4) is 0 Å². The Balaban J connectivity index is 3.31. The molecule has 1 heterocycles. The van der Waals surface area contributed by atoms with Gasteiger partial charge in [-0.25, -0.2) is 0 Å². The van der Waals surface area contributed by atoms with Crippen LogP contribution in [-0.4, -0.2) is 30.5 Å². The van der Waals surface area contributed by atoms with Gasteiger partial charge in [0.2, 0.25) is 0 Å². The number of esters is 1. The van der Waals surface area contributed by atoms with E-state index in [4.69, 9.17) is 14.7 Å². The van der Waals surface area contributed by atoms with E-state index >= 15 is 0 Å². The summed E-state index contributed by atoms with van der Waals surface area (Å²) in [6.07, 6.45) is -0.484. The highest BCUT2D eigenvalue weighted by molar-refractivity contribution is 6.08. The molecule has 0 spiro atoms. The van der Waals surface area contributed by atoms with E-state index in [9.17, 15) is 14.4 Å². The summed E-state index contributed by atoms with van der Waals surface area (Å²) in [6, 6.07) is 1.68. The van der Waals surface area contributed by atoms with Crippen LogP contribution in [-0.2, 0) is 9.53 Å². The number of pyridine rings is 1. The Kier molecular flexibility index (Phi) is 5.03. The topological polar surface area (TPSA) is 109 Å². The van der Waals surface area contributed by atoms with Crippen molar-refractivity contribution in [1.82, 2.24) is 4.98 Å². The van der Waals surface area contributed by atoms with Gasteiger partial charge in [0.25, 0.3) is 5.56 Å². The van der Waals surface area contributed by atoms with Crippen LogP contribution in [0.25, 0.3) is 0 Å². The number of aryl methyl sites for hydroxylation is 1. The van der Waals surface area contributed by atoms with Crippen LogP contribution in [0.15, 0.2) is 4.79 Å². The lowest BCUT2D eigenvalue weighted by Gasteiger charge is -2.11. The molecular weight excluding hydrogens is 264 g/mol. The van der Waals surface area contributed by atoms with Crippen LogP contribution < -0.4 is 10.3 Å². The van der Waals surface area contributed by atoms with E-state index in [1.165, 1.54) is 14.0 Å². The predicted molar refractivity (Wildman–Crippen MR) is 68.6 cm³/mol. The number of ketones is 1. The average molecular weight is 278 g/mol. The Morgan fingerprint density at radius 1 is 1.40 bits per heavy atom. The van der Waals surface area contributed by atoms with E-state index in [1.807, 2.05) is 0 Å². The first kappa shape index (κ1) is 15.4. The molecule has 0 amide bonds. The standard InChI is InChI=1S/C13H14N2O5/c1-4-20-10(17)5-9(16)11-7(2)15-13(18)8(6-14)12(11)19-3/h4-5H2,1-3H3,(H,15,18). The zero-order valence-corrected chi connectivity index (χ0v) is 11.4. The van der Waals surface area contributed by atoms with Gasteiger partial charge in [-0.2, -0.15) is 5.26 Å². The fraction of sp³-hybridized carbons (Fsp3) is 0.385. The summed E-state index contributed by atoms with van der Waals surface area (Å²) < 4.78 is 9.67. The summed E-state index contributed by atoms with van der Waals surface area (Å²) >= 11 is 0. The molecule has 0 aliphatic rings. The fourth-order valence-electron chi connectivity index (χ4n) is 1.77. The van der Waals surface area contributed by atoms with Gasteiger partial charge in [-0.15, -0.1) is 0 Å².